The van der Waals surface area contributed by atoms with E-state index in [9.17, 15) is 19.5 Å². The molecule has 0 aliphatic rings. The Kier molecular flexibility index (Phi) is 11.9. The first-order valence-corrected chi connectivity index (χ1v) is 12.3. The molecule has 0 aliphatic carbocycles. The summed E-state index contributed by atoms with van der Waals surface area (Å²) in [4.78, 5) is 40.4. The van der Waals surface area contributed by atoms with Gasteiger partial charge in [0.25, 0.3) is 0 Å². The van der Waals surface area contributed by atoms with Crippen molar-refractivity contribution in [1.29, 1.82) is 0 Å². The van der Waals surface area contributed by atoms with Gasteiger partial charge in [0.2, 0.25) is 11.8 Å². The summed E-state index contributed by atoms with van der Waals surface area (Å²) in [6, 6.07) is 3.99. The summed E-state index contributed by atoms with van der Waals surface area (Å²) in [6.07, 6.45) is 3.63. The van der Waals surface area contributed by atoms with Gasteiger partial charge in [0.15, 0.2) is 0 Å². The molecule has 1 rings (SSSR count). The number of nitrogens with one attached hydrogen (secondary N) is 2. The van der Waals surface area contributed by atoms with E-state index >= 15 is 0 Å². The molecular formula is C26H43N3O5. The van der Waals surface area contributed by atoms with Crippen molar-refractivity contribution in [2.75, 3.05) is 13.1 Å². The summed E-state index contributed by atoms with van der Waals surface area (Å²) in [5.74, 6) is -0.540. The molecular weight excluding hydrogens is 434 g/mol. The number of carbonyl (C=O) groups excluding carboxylic acids is 3. The molecule has 34 heavy (non-hydrogen) atoms. The number of phenols is 1. The summed E-state index contributed by atoms with van der Waals surface area (Å²) >= 11 is 0. The number of nitrogens with zero attached hydrogens (tertiary/aromatic N) is 1. The molecule has 0 fully saturated rings. The molecule has 0 saturated heterocycles. The van der Waals surface area contributed by atoms with E-state index in [0.717, 1.165) is 32.1 Å². The number of aryl methyl sites for hydroxylation is 1. The van der Waals surface area contributed by atoms with Gasteiger partial charge in [0.1, 0.15) is 23.9 Å². The van der Waals surface area contributed by atoms with Gasteiger partial charge in [-0.3, -0.25) is 9.59 Å². The van der Waals surface area contributed by atoms with Crippen LogP contribution in [0.4, 0.5) is 4.79 Å². The molecule has 3 N–H and O–H groups in total. The Bertz CT molecular complexity index is 819. The second-order valence-electron chi connectivity index (χ2n) is 9.80. The Morgan fingerprint density at radius 2 is 1.79 bits per heavy atom. The fourth-order valence-electron chi connectivity index (χ4n) is 3.64. The molecule has 0 radical (unpaired) electrons. The third-order valence-electron chi connectivity index (χ3n) is 5.31. The zero-order valence-electron chi connectivity index (χ0n) is 21.9. The van der Waals surface area contributed by atoms with Crippen molar-refractivity contribution in [3.8, 4) is 5.75 Å². The number of ether oxygens (including phenoxy) is 1. The first-order valence-electron chi connectivity index (χ1n) is 12.3. The Morgan fingerprint density at radius 1 is 1.12 bits per heavy atom. The summed E-state index contributed by atoms with van der Waals surface area (Å²) in [6.45, 7) is 13.1. The molecule has 0 heterocycles. The van der Waals surface area contributed by atoms with Crippen LogP contribution in [0.25, 0.3) is 0 Å². The standard InChI is InChI=1S/C26H43N3O5/c1-8-10-11-15-29(22(31)17-27-25(33)34-26(5,6)7)23(24(32)28-19(4)12-9-2)20-13-14-21(30)18(3)16-20/h13-14,16,19,23,30H,8-12,15,17H2,1-7H3,(H,27,33)(H,28,32). The van der Waals surface area contributed by atoms with E-state index in [1.165, 1.54) is 11.0 Å². The highest BCUT2D eigenvalue weighted by Gasteiger charge is 2.32. The number of rotatable bonds is 12. The number of amides is 3. The van der Waals surface area contributed by atoms with E-state index in [-0.39, 0.29) is 30.2 Å². The zero-order chi connectivity index (χ0) is 25.9. The van der Waals surface area contributed by atoms with E-state index in [1.807, 2.05) is 13.8 Å². The third-order valence-corrected chi connectivity index (χ3v) is 5.31. The first kappa shape index (κ1) is 29.3. The second-order valence-corrected chi connectivity index (χ2v) is 9.80. The van der Waals surface area contributed by atoms with Crippen LogP contribution in [0.3, 0.4) is 0 Å². The molecule has 1 aromatic carbocycles. The number of carbonyl (C=O) groups is 3. The number of benzene rings is 1. The third kappa shape index (κ3) is 10.0. The number of unbranched alkanes of at least 4 members (excludes halogenated alkanes) is 2. The molecule has 2 unspecified atom stereocenters. The van der Waals surface area contributed by atoms with Crippen LogP contribution in [0.15, 0.2) is 18.2 Å². The minimum absolute atomic E-state index is 0.0503. The molecule has 3 amide bonds. The molecule has 8 nitrogen and oxygen atoms in total. The molecule has 0 aromatic heterocycles. The van der Waals surface area contributed by atoms with Crippen LogP contribution in [0.5, 0.6) is 5.75 Å². The maximum atomic E-state index is 13.4. The minimum atomic E-state index is -0.886. The average Bonchev–Trinajstić information content (AvgIpc) is 2.72. The maximum Gasteiger partial charge on any atom is 0.408 e. The van der Waals surface area contributed by atoms with E-state index in [2.05, 4.69) is 17.6 Å². The van der Waals surface area contributed by atoms with Gasteiger partial charge in [0.05, 0.1) is 0 Å². The van der Waals surface area contributed by atoms with Crippen LogP contribution < -0.4 is 10.6 Å². The summed E-state index contributed by atoms with van der Waals surface area (Å²) < 4.78 is 5.24. The lowest BCUT2D eigenvalue weighted by Crippen LogP contribution is -2.49. The lowest BCUT2D eigenvalue weighted by Gasteiger charge is -2.33. The Hall–Kier alpha value is -2.77. The Balaban J connectivity index is 3.26. The van der Waals surface area contributed by atoms with Crippen LogP contribution >= 0.6 is 0 Å². The number of phenolic OH excluding ortho intramolecular Hbond substituents is 1. The van der Waals surface area contributed by atoms with Crippen molar-refractivity contribution in [2.45, 2.75) is 98.3 Å². The van der Waals surface area contributed by atoms with Gasteiger partial charge in [-0.05, 0) is 70.7 Å². The van der Waals surface area contributed by atoms with Gasteiger partial charge in [-0.2, -0.15) is 0 Å². The van der Waals surface area contributed by atoms with Crippen molar-refractivity contribution in [1.82, 2.24) is 15.5 Å². The summed E-state index contributed by atoms with van der Waals surface area (Å²) in [5, 5.41) is 15.5. The number of hydrogen-bond donors (Lipinski definition) is 3. The molecule has 1 aromatic rings. The molecule has 0 bridgehead atoms. The number of aromatic hydroxyl groups is 1. The van der Waals surface area contributed by atoms with Crippen molar-refractivity contribution in [2.24, 2.45) is 0 Å². The van der Waals surface area contributed by atoms with Crippen LogP contribution in [0.1, 0.15) is 90.8 Å². The smallest absolute Gasteiger partial charge is 0.408 e. The maximum absolute atomic E-state index is 13.4. The molecule has 0 spiro atoms. The van der Waals surface area contributed by atoms with Gasteiger partial charge in [-0.25, -0.2) is 4.79 Å². The molecule has 2 atom stereocenters. The molecule has 0 saturated carbocycles. The van der Waals surface area contributed by atoms with E-state index in [1.54, 1.807) is 39.8 Å². The topological polar surface area (TPSA) is 108 Å². The fourth-order valence-corrected chi connectivity index (χ4v) is 3.64. The minimum Gasteiger partial charge on any atom is -0.508 e. The highest BCUT2D eigenvalue weighted by Crippen LogP contribution is 2.27. The molecule has 8 heteroatoms. The molecule has 0 aliphatic heterocycles. The van der Waals surface area contributed by atoms with Gasteiger partial charge in [0, 0.05) is 12.6 Å². The van der Waals surface area contributed by atoms with Crippen LogP contribution in [0, 0.1) is 6.92 Å². The normalized spacial score (nSPS) is 13.0. The average molecular weight is 478 g/mol. The summed E-state index contributed by atoms with van der Waals surface area (Å²) in [5.41, 5.74) is 0.540. The highest BCUT2D eigenvalue weighted by atomic mass is 16.6. The Morgan fingerprint density at radius 3 is 2.35 bits per heavy atom. The number of alkyl carbamates (subject to hydrolysis) is 1. The monoisotopic (exact) mass is 477 g/mol. The SMILES string of the molecule is CCCCCN(C(=O)CNC(=O)OC(C)(C)C)C(C(=O)NC(C)CCC)c1ccc(O)c(C)c1. The first-order chi connectivity index (χ1) is 15.9. The van der Waals surface area contributed by atoms with Crippen LogP contribution in [0.2, 0.25) is 0 Å². The summed E-state index contributed by atoms with van der Waals surface area (Å²) in [7, 11) is 0. The van der Waals surface area contributed by atoms with Gasteiger partial charge < -0.3 is 25.4 Å². The largest absolute Gasteiger partial charge is 0.508 e. The quantitative estimate of drug-likeness (QED) is 0.382. The van der Waals surface area contributed by atoms with Crippen LogP contribution in [-0.2, 0) is 14.3 Å². The van der Waals surface area contributed by atoms with E-state index in [4.69, 9.17) is 4.74 Å². The highest BCUT2D eigenvalue weighted by molar-refractivity contribution is 5.90. The zero-order valence-corrected chi connectivity index (χ0v) is 21.9. The van der Waals surface area contributed by atoms with Gasteiger partial charge in [-0.15, -0.1) is 0 Å². The van der Waals surface area contributed by atoms with Crippen molar-refractivity contribution >= 4 is 17.9 Å². The van der Waals surface area contributed by atoms with E-state index in [0.29, 0.717) is 17.7 Å². The Labute approximate surface area is 204 Å². The van der Waals surface area contributed by atoms with Crippen molar-refractivity contribution < 1.29 is 24.2 Å². The van der Waals surface area contributed by atoms with Gasteiger partial charge in [-0.1, -0.05) is 39.2 Å². The second kappa shape index (κ2) is 13.8. The van der Waals surface area contributed by atoms with Gasteiger partial charge >= 0.3 is 6.09 Å². The van der Waals surface area contributed by atoms with Crippen molar-refractivity contribution in [3.63, 3.8) is 0 Å². The predicted octanol–water partition coefficient (Wildman–Crippen LogP) is 4.59. The lowest BCUT2D eigenvalue weighted by atomic mass is 10.00. The molecule has 192 valence electrons. The van der Waals surface area contributed by atoms with Crippen LogP contribution in [-0.4, -0.2) is 52.6 Å². The predicted molar refractivity (Wildman–Crippen MR) is 134 cm³/mol. The lowest BCUT2D eigenvalue weighted by molar-refractivity contribution is -0.140. The fraction of sp³-hybridized carbons (Fsp3) is 0.654. The number of hydrogen-bond acceptors (Lipinski definition) is 5. The van der Waals surface area contributed by atoms with Crippen molar-refractivity contribution in [3.05, 3.63) is 29.3 Å². The van der Waals surface area contributed by atoms with E-state index < -0.39 is 17.7 Å².